The minimum atomic E-state index is -4.67. The molecule has 1 heterocycles. The zero-order valence-electron chi connectivity index (χ0n) is 8.42. The van der Waals surface area contributed by atoms with Crippen LogP contribution in [-0.2, 0) is 16.8 Å². The molecule has 0 amide bonds. The highest BCUT2D eigenvalue weighted by atomic mass is 32.3. The van der Waals surface area contributed by atoms with Gasteiger partial charge >= 0.3 is 10.4 Å². The predicted octanol–water partition coefficient (Wildman–Crippen LogP) is 0.885. The van der Waals surface area contributed by atoms with Crippen LogP contribution < -0.4 is 0 Å². The first kappa shape index (κ1) is 14.0. The van der Waals surface area contributed by atoms with Gasteiger partial charge in [-0.25, -0.2) is 0 Å². The molecule has 8 heteroatoms. The van der Waals surface area contributed by atoms with Gasteiger partial charge in [-0.05, 0) is 12.8 Å². The Morgan fingerprint density at radius 3 is 2.40 bits per heavy atom. The highest BCUT2D eigenvalue weighted by molar-refractivity contribution is 7.79. The molecule has 88 valence electrons. The second-order valence-electron chi connectivity index (χ2n) is 2.87. The zero-order valence-corrected chi connectivity index (χ0v) is 9.24. The molecule has 0 aliphatic rings. The quantitative estimate of drug-likeness (QED) is 0.529. The van der Waals surface area contributed by atoms with Crippen molar-refractivity contribution in [3.8, 4) is 0 Å². The highest BCUT2D eigenvalue weighted by Gasteiger charge is 1.93. The van der Waals surface area contributed by atoms with Gasteiger partial charge in [-0.1, -0.05) is 19.8 Å². The summed E-state index contributed by atoms with van der Waals surface area (Å²) in [6.07, 6.45) is 6.62. The molecule has 0 saturated heterocycles. The van der Waals surface area contributed by atoms with Crippen molar-refractivity contribution in [3.63, 3.8) is 0 Å². The van der Waals surface area contributed by atoms with E-state index < -0.39 is 10.4 Å². The van der Waals surface area contributed by atoms with Crippen LogP contribution in [0.5, 0.6) is 0 Å². The molecule has 0 radical (unpaired) electrons. The first-order valence-electron chi connectivity index (χ1n) is 4.48. The Labute approximate surface area is 88.5 Å². The van der Waals surface area contributed by atoms with Gasteiger partial charge < -0.3 is 0 Å². The third kappa shape index (κ3) is 13.0. The van der Waals surface area contributed by atoms with Gasteiger partial charge in [0.2, 0.25) is 0 Å². The SMILES string of the molecule is CCCCCc1cn[nH]n1.O=S(=O)(O)O. The molecule has 0 bridgehead atoms. The Kier molecular flexibility index (Phi) is 6.84. The molecule has 15 heavy (non-hydrogen) atoms. The first-order valence-corrected chi connectivity index (χ1v) is 5.87. The highest BCUT2D eigenvalue weighted by Crippen LogP contribution is 2.00. The number of aromatic amines is 1. The molecule has 0 aromatic carbocycles. The Hall–Kier alpha value is -0.990. The fourth-order valence-electron chi connectivity index (χ4n) is 0.902. The minimum Gasteiger partial charge on any atom is -0.264 e. The molecule has 0 spiro atoms. The van der Waals surface area contributed by atoms with Crippen molar-refractivity contribution in [2.24, 2.45) is 0 Å². The van der Waals surface area contributed by atoms with E-state index in [-0.39, 0.29) is 0 Å². The van der Waals surface area contributed by atoms with Crippen LogP contribution in [-0.4, -0.2) is 32.9 Å². The topological polar surface area (TPSA) is 116 Å². The molecular weight excluding hydrogens is 222 g/mol. The molecule has 0 aliphatic heterocycles. The summed E-state index contributed by atoms with van der Waals surface area (Å²) in [6, 6.07) is 0. The number of hydrogen-bond donors (Lipinski definition) is 3. The monoisotopic (exact) mass is 237 g/mol. The Morgan fingerprint density at radius 2 is 2.00 bits per heavy atom. The third-order valence-corrected chi connectivity index (χ3v) is 1.50. The van der Waals surface area contributed by atoms with Crippen LogP contribution in [0, 0.1) is 0 Å². The molecule has 0 atom stereocenters. The van der Waals surface area contributed by atoms with Crippen LogP contribution in [0.4, 0.5) is 0 Å². The Bertz CT molecular complexity index is 327. The maximum Gasteiger partial charge on any atom is 0.394 e. The van der Waals surface area contributed by atoms with Crippen LogP contribution in [0.15, 0.2) is 6.20 Å². The van der Waals surface area contributed by atoms with Crippen LogP contribution >= 0.6 is 0 Å². The average Bonchev–Trinajstić information content (AvgIpc) is 2.54. The van der Waals surface area contributed by atoms with Gasteiger partial charge in [-0.2, -0.15) is 23.8 Å². The third-order valence-electron chi connectivity index (χ3n) is 1.50. The number of unbranched alkanes of at least 4 members (excludes halogenated alkanes) is 2. The number of rotatable bonds is 4. The van der Waals surface area contributed by atoms with Crippen LogP contribution in [0.3, 0.4) is 0 Å². The van der Waals surface area contributed by atoms with E-state index in [0.717, 1.165) is 12.1 Å². The van der Waals surface area contributed by atoms with E-state index in [9.17, 15) is 0 Å². The van der Waals surface area contributed by atoms with E-state index in [1.165, 1.54) is 19.3 Å². The second kappa shape index (κ2) is 7.32. The molecule has 1 aromatic heterocycles. The number of nitrogens with zero attached hydrogens (tertiary/aromatic N) is 2. The molecule has 0 aliphatic carbocycles. The summed E-state index contributed by atoms with van der Waals surface area (Å²) in [4.78, 5) is 0. The van der Waals surface area contributed by atoms with Gasteiger partial charge in [0.05, 0.1) is 11.9 Å². The fraction of sp³-hybridized carbons (Fsp3) is 0.714. The summed E-state index contributed by atoms with van der Waals surface area (Å²) in [5.74, 6) is 0. The van der Waals surface area contributed by atoms with Crippen LogP contribution in [0.25, 0.3) is 0 Å². The Balaban J connectivity index is 0.000000336. The summed E-state index contributed by atoms with van der Waals surface area (Å²) < 4.78 is 31.6. The molecule has 0 fully saturated rings. The van der Waals surface area contributed by atoms with Crippen molar-refractivity contribution in [1.82, 2.24) is 15.4 Å². The fourth-order valence-corrected chi connectivity index (χ4v) is 0.902. The number of aromatic nitrogens is 3. The maximum atomic E-state index is 8.74. The van der Waals surface area contributed by atoms with Gasteiger partial charge in [0.25, 0.3) is 0 Å². The predicted molar refractivity (Wildman–Crippen MR) is 53.8 cm³/mol. The largest absolute Gasteiger partial charge is 0.394 e. The number of nitrogens with one attached hydrogen (secondary N) is 1. The Morgan fingerprint density at radius 1 is 1.40 bits per heavy atom. The average molecular weight is 237 g/mol. The minimum absolute atomic E-state index is 1.06. The summed E-state index contributed by atoms with van der Waals surface area (Å²) in [7, 11) is -4.67. The van der Waals surface area contributed by atoms with Gasteiger partial charge in [0.15, 0.2) is 0 Å². The summed E-state index contributed by atoms with van der Waals surface area (Å²) >= 11 is 0. The van der Waals surface area contributed by atoms with E-state index in [4.69, 9.17) is 17.5 Å². The van der Waals surface area contributed by atoms with Crippen molar-refractivity contribution >= 4 is 10.4 Å². The number of H-pyrrole nitrogens is 1. The van der Waals surface area contributed by atoms with Crippen LogP contribution in [0.2, 0.25) is 0 Å². The van der Waals surface area contributed by atoms with Gasteiger partial charge in [-0.3, -0.25) is 9.11 Å². The lowest BCUT2D eigenvalue weighted by atomic mass is 10.2. The molecular formula is C7H15N3O4S. The van der Waals surface area contributed by atoms with E-state index >= 15 is 0 Å². The summed E-state index contributed by atoms with van der Waals surface area (Å²) in [5.41, 5.74) is 1.08. The lowest BCUT2D eigenvalue weighted by Crippen LogP contribution is -1.89. The summed E-state index contributed by atoms with van der Waals surface area (Å²) in [5, 5.41) is 10.3. The van der Waals surface area contributed by atoms with E-state index in [0.29, 0.717) is 0 Å². The smallest absolute Gasteiger partial charge is 0.264 e. The van der Waals surface area contributed by atoms with Gasteiger partial charge in [-0.15, -0.1) is 0 Å². The van der Waals surface area contributed by atoms with E-state index in [1.54, 1.807) is 6.20 Å². The maximum absolute atomic E-state index is 8.74. The van der Waals surface area contributed by atoms with E-state index in [1.807, 2.05) is 0 Å². The van der Waals surface area contributed by atoms with Crippen molar-refractivity contribution in [2.75, 3.05) is 0 Å². The van der Waals surface area contributed by atoms with Crippen molar-refractivity contribution in [1.29, 1.82) is 0 Å². The normalized spacial score (nSPS) is 10.6. The van der Waals surface area contributed by atoms with Crippen molar-refractivity contribution in [3.05, 3.63) is 11.9 Å². The molecule has 0 saturated carbocycles. The lowest BCUT2D eigenvalue weighted by molar-refractivity contribution is 0.381. The van der Waals surface area contributed by atoms with Crippen molar-refractivity contribution in [2.45, 2.75) is 32.6 Å². The molecule has 3 N–H and O–H groups in total. The van der Waals surface area contributed by atoms with Gasteiger partial charge in [0.1, 0.15) is 0 Å². The van der Waals surface area contributed by atoms with Crippen LogP contribution in [0.1, 0.15) is 31.9 Å². The number of hydrogen-bond acceptors (Lipinski definition) is 4. The van der Waals surface area contributed by atoms with E-state index in [2.05, 4.69) is 22.3 Å². The molecule has 0 unspecified atom stereocenters. The molecule has 7 nitrogen and oxygen atoms in total. The standard InChI is InChI=1S/C7H13N3.H2O4S/c1-2-3-4-5-7-6-8-10-9-7;1-5(2,3)4/h6H,2-5H2,1H3,(H,8,9,10);(H2,1,2,3,4). The first-order chi connectivity index (χ1) is 6.93. The second-order valence-corrected chi connectivity index (χ2v) is 3.76. The number of aryl methyl sites for hydroxylation is 1. The van der Waals surface area contributed by atoms with Crippen molar-refractivity contribution < 1.29 is 17.5 Å². The van der Waals surface area contributed by atoms with Gasteiger partial charge in [0, 0.05) is 0 Å². The summed E-state index contributed by atoms with van der Waals surface area (Å²) in [6.45, 7) is 2.20. The molecule has 1 aromatic rings. The lowest BCUT2D eigenvalue weighted by Gasteiger charge is -1.91. The zero-order chi connectivity index (χ0) is 11.7. The molecule has 1 rings (SSSR count).